The van der Waals surface area contributed by atoms with Crippen LogP contribution in [0, 0.1) is 0 Å². The summed E-state index contributed by atoms with van der Waals surface area (Å²) in [6.07, 6.45) is 6.81. The van der Waals surface area contributed by atoms with E-state index in [0.29, 0.717) is 0 Å². The van der Waals surface area contributed by atoms with E-state index in [1.165, 1.54) is 6.92 Å². The predicted octanol–water partition coefficient (Wildman–Crippen LogP) is 1.51. The van der Waals surface area contributed by atoms with Gasteiger partial charge in [-0.2, -0.15) is 0 Å². The summed E-state index contributed by atoms with van der Waals surface area (Å²) in [5, 5.41) is 0. The van der Waals surface area contributed by atoms with Gasteiger partial charge in [0.2, 0.25) is 0 Å². The Morgan fingerprint density at radius 1 is 1.75 bits per heavy atom. The second-order valence-corrected chi connectivity index (χ2v) is 2.55. The van der Waals surface area contributed by atoms with E-state index in [1.807, 2.05) is 11.5 Å². The molecule has 1 heterocycles. The van der Waals surface area contributed by atoms with Gasteiger partial charge in [0.15, 0.2) is 5.78 Å². The molecule has 0 saturated carbocycles. The van der Waals surface area contributed by atoms with Gasteiger partial charge in [0.1, 0.15) is 0 Å². The molecule has 0 saturated heterocycles. The third-order valence-corrected chi connectivity index (χ3v) is 1.57. The van der Waals surface area contributed by atoms with E-state index in [-0.39, 0.29) is 5.78 Å². The number of aryl methyl sites for hydroxylation is 1. The van der Waals surface area contributed by atoms with E-state index in [0.717, 1.165) is 12.2 Å². The van der Waals surface area contributed by atoms with Crippen LogP contribution >= 0.6 is 0 Å². The highest BCUT2D eigenvalue weighted by Crippen LogP contribution is 2.01. The monoisotopic (exact) mass is 164 g/mol. The normalized spacial score (nSPS) is 10.8. The van der Waals surface area contributed by atoms with Crippen molar-refractivity contribution in [2.45, 2.75) is 20.4 Å². The van der Waals surface area contributed by atoms with Crippen molar-refractivity contribution < 1.29 is 4.79 Å². The molecule has 0 amide bonds. The molecule has 64 valence electrons. The van der Waals surface area contributed by atoms with Crippen molar-refractivity contribution in [3.05, 3.63) is 24.3 Å². The molecule has 0 aliphatic rings. The second-order valence-electron chi connectivity index (χ2n) is 2.55. The molecule has 0 fully saturated rings. The van der Waals surface area contributed by atoms with Crippen LogP contribution in [-0.2, 0) is 11.3 Å². The first-order valence-electron chi connectivity index (χ1n) is 3.93. The smallest absolute Gasteiger partial charge is 0.152 e. The molecule has 1 aromatic rings. The van der Waals surface area contributed by atoms with E-state index in [1.54, 1.807) is 24.7 Å². The molecule has 0 radical (unpaired) electrons. The zero-order valence-electron chi connectivity index (χ0n) is 7.32. The van der Waals surface area contributed by atoms with Gasteiger partial charge in [0.05, 0.1) is 18.2 Å². The van der Waals surface area contributed by atoms with Crippen molar-refractivity contribution >= 4 is 11.9 Å². The fourth-order valence-corrected chi connectivity index (χ4v) is 0.937. The van der Waals surface area contributed by atoms with Crippen LogP contribution < -0.4 is 0 Å². The van der Waals surface area contributed by atoms with Crippen LogP contribution in [0.1, 0.15) is 19.5 Å². The summed E-state index contributed by atoms with van der Waals surface area (Å²) < 4.78 is 1.97. The average Bonchev–Trinajstić information content (AvgIpc) is 2.47. The molecule has 12 heavy (non-hydrogen) atoms. The van der Waals surface area contributed by atoms with E-state index in [4.69, 9.17) is 0 Å². The topological polar surface area (TPSA) is 34.9 Å². The van der Waals surface area contributed by atoms with Crippen LogP contribution in [-0.4, -0.2) is 15.3 Å². The molecular weight excluding hydrogens is 152 g/mol. The van der Waals surface area contributed by atoms with Crippen molar-refractivity contribution in [3.8, 4) is 0 Å². The number of rotatable bonds is 3. The Bertz CT molecular complexity index is 299. The molecular formula is C9H12N2O. The Hall–Kier alpha value is -1.38. The van der Waals surface area contributed by atoms with Crippen LogP contribution in [0.5, 0.6) is 0 Å². The highest BCUT2D eigenvalue weighted by Gasteiger charge is 1.94. The summed E-state index contributed by atoms with van der Waals surface area (Å²) in [7, 11) is 0. The molecule has 0 bridgehead atoms. The number of carbonyl (C=O) groups is 1. The van der Waals surface area contributed by atoms with Gasteiger partial charge in [-0.15, -0.1) is 0 Å². The number of nitrogens with zero attached hydrogens (tertiary/aromatic N) is 2. The number of hydrogen-bond acceptors (Lipinski definition) is 2. The molecule has 0 aliphatic carbocycles. The Balaban J connectivity index is 2.81. The van der Waals surface area contributed by atoms with Gasteiger partial charge in [-0.3, -0.25) is 4.79 Å². The highest BCUT2D eigenvalue weighted by atomic mass is 16.1. The van der Waals surface area contributed by atoms with Crippen molar-refractivity contribution in [1.29, 1.82) is 0 Å². The Kier molecular flexibility index (Phi) is 2.80. The fourth-order valence-electron chi connectivity index (χ4n) is 0.937. The molecule has 3 nitrogen and oxygen atoms in total. The number of carbonyl (C=O) groups excluding carboxylic acids is 1. The SMILES string of the molecule is CCn1cncc1/C=C/C(C)=O. The maximum atomic E-state index is 10.6. The molecule has 1 aromatic heterocycles. The molecule has 0 spiro atoms. The number of imidazole rings is 1. The van der Waals surface area contributed by atoms with Gasteiger partial charge in [0, 0.05) is 6.54 Å². The lowest BCUT2D eigenvalue weighted by Gasteiger charge is -1.97. The summed E-state index contributed by atoms with van der Waals surface area (Å²) >= 11 is 0. The maximum absolute atomic E-state index is 10.6. The zero-order valence-corrected chi connectivity index (χ0v) is 7.32. The van der Waals surface area contributed by atoms with Gasteiger partial charge in [-0.1, -0.05) is 0 Å². The van der Waals surface area contributed by atoms with Gasteiger partial charge in [-0.05, 0) is 26.0 Å². The molecule has 0 aromatic carbocycles. The van der Waals surface area contributed by atoms with Crippen LogP contribution in [0.4, 0.5) is 0 Å². The second kappa shape index (κ2) is 3.85. The van der Waals surface area contributed by atoms with E-state index in [2.05, 4.69) is 4.98 Å². The largest absolute Gasteiger partial charge is 0.331 e. The number of aromatic nitrogens is 2. The van der Waals surface area contributed by atoms with Gasteiger partial charge in [-0.25, -0.2) is 4.98 Å². The molecule has 0 N–H and O–H groups in total. The summed E-state index contributed by atoms with van der Waals surface area (Å²) in [5.41, 5.74) is 0.965. The molecule has 0 atom stereocenters. The van der Waals surface area contributed by atoms with Crippen molar-refractivity contribution in [3.63, 3.8) is 0 Å². The first-order chi connectivity index (χ1) is 5.74. The van der Waals surface area contributed by atoms with Crippen LogP contribution in [0.2, 0.25) is 0 Å². The first-order valence-corrected chi connectivity index (χ1v) is 3.93. The van der Waals surface area contributed by atoms with E-state index in [9.17, 15) is 4.79 Å². The Labute approximate surface area is 71.7 Å². The Morgan fingerprint density at radius 3 is 3.08 bits per heavy atom. The van der Waals surface area contributed by atoms with Gasteiger partial charge < -0.3 is 4.57 Å². The lowest BCUT2D eigenvalue weighted by Crippen LogP contribution is -1.94. The minimum absolute atomic E-state index is 0.0545. The first kappa shape index (κ1) is 8.71. The van der Waals surface area contributed by atoms with E-state index >= 15 is 0 Å². The van der Waals surface area contributed by atoms with Crippen LogP contribution in [0.25, 0.3) is 6.08 Å². The molecule has 0 aliphatic heterocycles. The number of hydrogen-bond donors (Lipinski definition) is 0. The van der Waals surface area contributed by atoms with E-state index < -0.39 is 0 Å². The molecule has 1 rings (SSSR count). The minimum atomic E-state index is 0.0545. The zero-order chi connectivity index (χ0) is 8.97. The maximum Gasteiger partial charge on any atom is 0.152 e. The summed E-state index contributed by atoms with van der Waals surface area (Å²) in [4.78, 5) is 14.6. The quantitative estimate of drug-likeness (QED) is 0.634. The third kappa shape index (κ3) is 2.05. The van der Waals surface area contributed by atoms with Gasteiger partial charge >= 0.3 is 0 Å². The third-order valence-electron chi connectivity index (χ3n) is 1.57. The van der Waals surface area contributed by atoms with Crippen molar-refractivity contribution in [2.75, 3.05) is 0 Å². The van der Waals surface area contributed by atoms with Crippen LogP contribution in [0.3, 0.4) is 0 Å². The number of ketones is 1. The standard InChI is InChI=1S/C9H12N2O/c1-3-11-7-10-6-9(11)5-4-8(2)12/h4-7H,3H2,1-2H3/b5-4+. The average molecular weight is 164 g/mol. The minimum Gasteiger partial charge on any atom is -0.331 e. The Morgan fingerprint density at radius 2 is 2.50 bits per heavy atom. The highest BCUT2D eigenvalue weighted by molar-refractivity contribution is 5.91. The summed E-state index contributed by atoms with van der Waals surface area (Å²) in [6.45, 7) is 4.44. The lowest BCUT2D eigenvalue weighted by atomic mass is 10.3. The lowest BCUT2D eigenvalue weighted by molar-refractivity contribution is -0.112. The van der Waals surface area contributed by atoms with Gasteiger partial charge in [0.25, 0.3) is 0 Å². The fraction of sp³-hybridized carbons (Fsp3) is 0.333. The molecule has 0 unspecified atom stereocenters. The van der Waals surface area contributed by atoms with Crippen molar-refractivity contribution in [1.82, 2.24) is 9.55 Å². The van der Waals surface area contributed by atoms with Crippen LogP contribution in [0.15, 0.2) is 18.6 Å². The van der Waals surface area contributed by atoms with Crippen molar-refractivity contribution in [2.24, 2.45) is 0 Å². The summed E-state index contributed by atoms with van der Waals surface area (Å²) in [5.74, 6) is 0.0545. The summed E-state index contributed by atoms with van der Waals surface area (Å²) in [6, 6.07) is 0. The molecule has 3 heteroatoms. The predicted molar refractivity (Wildman–Crippen MR) is 47.6 cm³/mol. The number of allylic oxidation sites excluding steroid dienone is 1.